The summed E-state index contributed by atoms with van der Waals surface area (Å²) in [4.78, 5) is 11.0. The molecule has 0 fully saturated rings. The van der Waals surface area contributed by atoms with Crippen LogP contribution in [0.25, 0.3) is 0 Å². The van der Waals surface area contributed by atoms with E-state index in [1.165, 1.54) is 5.56 Å². The van der Waals surface area contributed by atoms with E-state index in [2.05, 4.69) is 12.1 Å². The molecule has 3 rings (SSSR count). The van der Waals surface area contributed by atoms with Gasteiger partial charge in [0.05, 0.1) is 26.7 Å². The van der Waals surface area contributed by atoms with Crippen molar-refractivity contribution >= 4 is 5.97 Å². The zero-order valence-corrected chi connectivity index (χ0v) is 20.2. The van der Waals surface area contributed by atoms with Gasteiger partial charge >= 0.3 is 5.97 Å². The van der Waals surface area contributed by atoms with Gasteiger partial charge in [-0.05, 0) is 72.9 Å². The molecule has 0 aromatic heterocycles. The van der Waals surface area contributed by atoms with Crippen LogP contribution in [0.1, 0.15) is 46.8 Å². The molecule has 5 heteroatoms. The first kappa shape index (κ1) is 25.3. The summed E-state index contributed by atoms with van der Waals surface area (Å²) >= 11 is 0. The Morgan fingerprint density at radius 1 is 0.882 bits per heavy atom. The maximum Gasteiger partial charge on any atom is 0.307 e. The predicted octanol–water partition coefficient (Wildman–Crippen LogP) is 5.55. The molecular weight excluding hydrogens is 428 g/mol. The molecule has 2 N–H and O–H groups in total. The summed E-state index contributed by atoms with van der Waals surface area (Å²) in [6.45, 7) is 1.93. The molecule has 0 aliphatic carbocycles. The Labute approximate surface area is 202 Å². The van der Waals surface area contributed by atoms with Crippen LogP contribution in [0.15, 0.2) is 66.7 Å². The van der Waals surface area contributed by atoms with E-state index >= 15 is 0 Å². The van der Waals surface area contributed by atoms with Crippen molar-refractivity contribution in [2.24, 2.45) is 5.92 Å². The van der Waals surface area contributed by atoms with Crippen LogP contribution < -0.4 is 9.47 Å². The summed E-state index contributed by atoms with van der Waals surface area (Å²) in [6, 6.07) is 21.8. The van der Waals surface area contributed by atoms with Crippen LogP contribution in [0.4, 0.5) is 0 Å². The number of rotatable bonds is 12. The second-order valence-corrected chi connectivity index (χ2v) is 8.72. The van der Waals surface area contributed by atoms with Gasteiger partial charge in [0.1, 0.15) is 11.5 Å². The second kappa shape index (κ2) is 12.2. The topological polar surface area (TPSA) is 76.0 Å². The van der Waals surface area contributed by atoms with Crippen molar-refractivity contribution in [3.05, 3.63) is 94.5 Å². The number of aliphatic hydroxyl groups excluding tert-OH is 1. The number of hydrogen-bond acceptors (Lipinski definition) is 4. The smallest absolute Gasteiger partial charge is 0.307 e. The van der Waals surface area contributed by atoms with Gasteiger partial charge in [0, 0.05) is 5.56 Å². The van der Waals surface area contributed by atoms with Gasteiger partial charge in [-0.1, -0.05) is 54.6 Å². The molecule has 0 amide bonds. The first-order chi connectivity index (χ1) is 16.4. The predicted molar refractivity (Wildman–Crippen MR) is 134 cm³/mol. The molecular formula is C29H34O5. The molecule has 0 saturated carbocycles. The monoisotopic (exact) mass is 462 g/mol. The van der Waals surface area contributed by atoms with Crippen molar-refractivity contribution in [2.45, 2.75) is 45.1 Å². The van der Waals surface area contributed by atoms with Gasteiger partial charge < -0.3 is 19.7 Å². The third-order valence-corrected chi connectivity index (χ3v) is 6.32. The van der Waals surface area contributed by atoms with Crippen molar-refractivity contribution in [3.8, 4) is 11.5 Å². The van der Waals surface area contributed by atoms with Crippen LogP contribution in [-0.4, -0.2) is 30.4 Å². The van der Waals surface area contributed by atoms with E-state index in [1.54, 1.807) is 14.2 Å². The van der Waals surface area contributed by atoms with E-state index in [-0.39, 0.29) is 12.3 Å². The van der Waals surface area contributed by atoms with Crippen LogP contribution >= 0.6 is 0 Å². The van der Waals surface area contributed by atoms with E-state index < -0.39 is 12.1 Å². The van der Waals surface area contributed by atoms with E-state index in [0.29, 0.717) is 17.9 Å². The lowest BCUT2D eigenvalue weighted by molar-refractivity contribution is -0.136. The highest BCUT2D eigenvalue weighted by molar-refractivity contribution is 5.70. The normalized spacial score (nSPS) is 12.7. The van der Waals surface area contributed by atoms with Gasteiger partial charge in [-0.25, -0.2) is 0 Å². The third-order valence-electron chi connectivity index (χ3n) is 6.32. The number of carbonyl (C=O) groups is 1. The Kier molecular flexibility index (Phi) is 9.11. The fourth-order valence-electron chi connectivity index (χ4n) is 4.40. The van der Waals surface area contributed by atoms with Gasteiger partial charge in [-0.2, -0.15) is 0 Å². The molecule has 0 spiro atoms. The molecule has 3 aromatic rings. The Bertz CT molecular complexity index is 1030. The number of aliphatic hydroxyl groups is 1. The highest BCUT2D eigenvalue weighted by Crippen LogP contribution is 2.36. The molecule has 0 aliphatic rings. The molecule has 0 unspecified atom stereocenters. The summed E-state index contributed by atoms with van der Waals surface area (Å²) in [5, 5.41) is 20.5. The minimum atomic E-state index is -0.843. The van der Waals surface area contributed by atoms with E-state index in [4.69, 9.17) is 14.6 Å². The average molecular weight is 463 g/mol. The quantitative estimate of drug-likeness (QED) is 0.369. The van der Waals surface area contributed by atoms with Gasteiger partial charge in [0.25, 0.3) is 0 Å². The number of carboxylic acid groups (broad SMARTS) is 1. The van der Waals surface area contributed by atoms with Crippen LogP contribution in [0, 0.1) is 12.8 Å². The number of aryl methyl sites for hydroxylation is 1. The Morgan fingerprint density at radius 2 is 1.47 bits per heavy atom. The van der Waals surface area contributed by atoms with E-state index in [1.807, 2.05) is 61.5 Å². The zero-order chi connectivity index (χ0) is 24.5. The molecule has 180 valence electrons. The molecule has 0 bridgehead atoms. The Hall–Kier alpha value is -3.31. The number of aliphatic carboxylic acids is 1. The summed E-state index contributed by atoms with van der Waals surface area (Å²) in [5.74, 6) is 0.513. The maximum absolute atomic E-state index is 11.5. The minimum absolute atomic E-state index is 0.00631. The molecule has 0 aliphatic heterocycles. The Balaban J connectivity index is 1.82. The number of benzene rings is 3. The third kappa shape index (κ3) is 6.84. The Morgan fingerprint density at radius 3 is 2.03 bits per heavy atom. The number of carboxylic acids is 1. The molecule has 3 aromatic carbocycles. The van der Waals surface area contributed by atoms with Crippen LogP contribution in [0.3, 0.4) is 0 Å². The molecule has 5 nitrogen and oxygen atoms in total. The van der Waals surface area contributed by atoms with Gasteiger partial charge in [0.15, 0.2) is 0 Å². The zero-order valence-electron chi connectivity index (χ0n) is 20.2. The minimum Gasteiger partial charge on any atom is -0.496 e. The lowest BCUT2D eigenvalue weighted by atomic mass is 9.85. The fourth-order valence-corrected chi connectivity index (χ4v) is 4.40. The first-order valence-electron chi connectivity index (χ1n) is 11.7. The largest absolute Gasteiger partial charge is 0.496 e. The molecule has 34 heavy (non-hydrogen) atoms. The molecule has 2 atom stereocenters. The number of hydrogen-bond donors (Lipinski definition) is 2. The number of methoxy groups -OCH3 is 2. The van der Waals surface area contributed by atoms with Gasteiger partial charge in [0.2, 0.25) is 0 Å². The van der Waals surface area contributed by atoms with Crippen LogP contribution in [0.2, 0.25) is 0 Å². The van der Waals surface area contributed by atoms with Crippen molar-refractivity contribution < 1.29 is 24.5 Å². The summed E-state index contributed by atoms with van der Waals surface area (Å²) in [5.41, 5.74) is 4.80. The van der Waals surface area contributed by atoms with Crippen molar-refractivity contribution in [1.29, 1.82) is 0 Å². The molecule has 0 heterocycles. The van der Waals surface area contributed by atoms with Crippen LogP contribution in [0.5, 0.6) is 11.5 Å². The standard InChI is InChI=1S/C29H34O5/c1-20-26(33-2)18-25(19-27(20)34-3)29(32)24(11-7-10-21-8-5-4-6-9-21)16-22-12-14-23(15-13-22)17-28(30)31/h4-6,8-9,12-15,18-19,24,29,32H,7,10-11,16-17H2,1-3H3,(H,30,31)/t24-,29+/m1/s1. The molecule has 0 saturated heterocycles. The lowest BCUT2D eigenvalue weighted by Crippen LogP contribution is -2.17. The summed E-state index contributed by atoms with van der Waals surface area (Å²) < 4.78 is 11.0. The summed E-state index contributed by atoms with van der Waals surface area (Å²) in [7, 11) is 3.24. The average Bonchev–Trinajstić information content (AvgIpc) is 2.84. The van der Waals surface area contributed by atoms with Crippen molar-refractivity contribution in [3.63, 3.8) is 0 Å². The number of ether oxygens (including phenoxy) is 2. The highest BCUT2D eigenvalue weighted by atomic mass is 16.5. The van der Waals surface area contributed by atoms with E-state index in [9.17, 15) is 9.90 Å². The first-order valence-corrected chi connectivity index (χ1v) is 11.7. The van der Waals surface area contributed by atoms with Crippen molar-refractivity contribution in [2.75, 3.05) is 14.2 Å². The summed E-state index contributed by atoms with van der Waals surface area (Å²) in [6.07, 6.45) is 2.72. The maximum atomic E-state index is 11.5. The molecule has 0 radical (unpaired) electrons. The highest BCUT2D eigenvalue weighted by Gasteiger charge is 2.24. The van der Waals surface area contributed by atoms with Gasteiger partial charge in [-0.15, -0.1) is 0 Å². The van der Waals surface area contributed by atoms with E-state index in [0.717, 1.165) is 41.5 Å². The lowest BCUT2D eigenvalue weighted by Gasteiger charge is -2.25. The van der Waals surface area contributed by atoms with Crippen LogP contribution in [-0.2, 0) is 24.1 Å². The van der Waals surface area contributed by atoms with Crippen molar-refractivity contribution in [1.82, 2.24) is 0 Å². The van der Waals surface area contributed by atoms with Gasteiger partial charge in [-0.3, -0.25) is 4.79 Å². The SMILES string of the molecule is COc1cc([C@@H](O)[C@H](CCCc2ccccc2)Cc2ccc(CC(=O)O)cc2)cc(OC)c1C. The second-order valence-electron chi connectivity index (χ2n) is 8.72. The fraction of sp³-hybridized carbons (Fsp3) is 0.345.